The van der Waals surface area contributed by atoms with Gasteiger partial charge in [-0.15, -0.1) is 11.3 Å². The maximum absolute atomic E-state index is 12.5. The first-order valence-electron chi connectivity index (χ1n) is 5.87. The van der Waals surface area contributed by atoms with Crippen LogP contribution in [0.4, 0.5) is 5.69 Å². The molecule has 5 nitrogen and oxygen atoms in total. The zero-order valence-electron chi connectivity index (χ0n) is 10.7. The lowest BCUT2D eigenvalue weighted by molar-refractivity contribution is 0.0698. The number of aromatic carboxylic acids is 1. The largest absolute Gasteiger partial charge is 0.478 e. The Labute approximate surface area is 121 Å². The first-order valence-corrected chi connectivity index (χ1v) is 8.19. The van der Waals surface area contributed by atoms with E-state index < -0.39 is 16.0 Å². The molecule has 1 aromatic carbocycles. The number of carbonyl (C=O) groups is 1. The lowest BCUT2D eigenvalue weighted by atomic mass is 10.2. The van der Waals surface area contributed by atoms with Gasteiger partial charge in [-0.2, -0.15) is 0 Å². The van der Waals surface area contributed by atoms with Gasteiger partial charge in [0.05, 0.1) is 11.3 Å². The summed E-state index contributed by atoms with van der Waals surface area (Å²) in [5, 5.41) is 10.9. The van der Waals surface area contributed by atoms with Crippen molar-refractivity contribution in [2.45, 2.75) is 11.1 Å². The lowest BCUT2D eigenvalue weighted by Crippen LogP contribution is -2.31. The predicted octanol–water partition coefficient (Wildman–Crippen LogP) is 2.66. The second-order valence-electron chi connectivity index (χ2n) is 3.92. The average Bonchev–Trinajstić information content (AvgIpc) is 2.94. The summed E-state index contributed by atoms with van der Waals surface area (Å²) in [6.07, 6.45) is 0. The number of hydrogen-bond acceptors (Lipinski definition) is 4. The molecule has 0 atom stereocenters. The second-order valence-corrected chi connectivity index (χ2v) is 6.96. The first-order chi connectivity index (χ1) is 9.48. The Balaban J connectivity index is 2.57. The van der Waals surface area contributed by atoms with Crippen molar-refractivity contribution in [3.05, 3.63) is 47.3 Å². The number of benzene rings is 1. The molecule has 7 heteroatoms. The fraction of sp³-hybridized carbons (Fsp3) is 0.154. The number of rotatable bonds is 5. The summed E-state index contributed by atoms with van der Waals surface area (Å²) >= 11 is 1.11. The molecule has 0 spiro atoms. The number of nitrogens with zero attached hydrogens (tertiary/aromatic N) is 1. The fourth-order valence-electron chi connectivity index (χ4n) is 1.86. The number of para-hydroxylation sites is 1. The molecule has 0 aliphatic heterocycles. The third-order valence-electron chi connectivity index (χ3n) is 2.73. The highest BCUT2D eigenvalue weighted by molar-refractivity contribution is 7.94. The summed E-state index contributed by atoms with van der Waals surface area (Å²) in [7, 11) is -3.73. The lowest BCUT2D eigenvalue weighted by Gasteiger charge is -2.23. The summed E-state index contributed by atoms with van der Waals surface area (Å²) < 4.78 is 26.4. The van der Waals surface area contributed by atoms with Gasteiger partial charge in [0.2, 0.25) is 0 Å². The van der Waals surface area contributed by atoms with Crippen LogP contribution in [0.1, 0.15) is 17.3 Å². The molecule has 0 aliphatic rings. The van der Waals surface area contributed by atoms with Crippen LogP contribution in [0.5, 0.6) is 0 Å². The Morgan fingerprint density at radius 2 is 1.95 bits per heavy atom. The maximum atomic E-state index is 12.5. The van der Waals surface area contributed by atoms with E-state index in [9.17, 15) is 18.3 Å². The Hall–Kier alpha value is -1.86. The van der Waals surface area contributed by atoms with Crippen LogP contribution in [0.3, 0.4) is 0 Å². The van der Waals surface area contributed by atoms with Crippen LogP contribution in [-0.4, -0.2) is 26.0 Å². The molecule has 0 bridgehead atoms. The van der Waals surface area contributed by atoms with E-state index >= 15 is 0 Å². The first kappa shape index (κ1) is 14.5. The monoisotopic (exact) mass is 311 g/mol. The fourth-order valence-corrected chi connectivity index (χ4v) is 4.46. The zero-order valence-corrected chi connectivity index (χ0v) is 12.3. The Morgan fingerprint density at radius 1 is 1.25 bits per heavy atom. The second kappa shape index (κ2) is 5.64. The van der Waals surface area contributed by atoms with Crippen molar-refractivity contribution in [1.29, 1.82) is 0 Å². The predicted molar refractivity (Wildman–Crippen MR) is 77.9 cm³/mol. The van der Waals surface area contributed by atoms with Gasteiger partial charge in [-0.3, -0.25) is 4.31 Å². The van der Waals surface area contributed by atoms with Crippen LogP contribution in [0.2, 0.25) is 0 Å². The molecule has 0 saturated carbocycles. The van der Waals surface area contributed by atoms with Gasteiger partial charge < -0.3 is 5.11 Å². The standard InChI is InChI=1S/C13H13NO4S2/c1-2-14(20(17,18)12-8-5-9-19-12)11-7-4-3-6-10(11)13(15)16/h3-9H,2H2,1H3,(H,15,16). The minimum Gasteiger partial charge on any atom is -0.478 e. The van der Waals surface area contributed by atoms with Crippen molar-refractivity contribution < 1.29 is 18.3 Å². The smallest absolute Gasteiger partial charge is 0.337 e. The number of hydrogen-bond donors (Lipinski definition) is 1. The van der Waals surface area contributed by atoms with Crippen LogP contribution in [0, 0.1) is 0 Å². The molecule has 106 valence electrons. The van der Waals surface area contributed by atoms with Gasteiger partial charge in [0.25, 0.3) is 10.0 Å². The normalized spacial score (nSPS) is 11.2. The number of thiophene rings is 1. The van der Waals surface area contributed by atoms with Crippen LogP contribution >= 0.6 is 11.3 Å². The van der Waals surface area contributed by atoms with E-state index in [0.29, 0.717) is 0 Å². The molecule has 1 N–H and O–H groups in total. The van der Waals surface area contributed by atoms with Crippen LogP contribution in [0.15, 0.2) is 46.0 Å². The summed E-state index contributed by atoms with van der Waals surface area (Å²) in [5.41, 5.74) is 0.144. The van der Waals surface area contributed by atoms with E-state index in [1.807, 2.05) is 0 Å². The Bertz CT molecular complexity index is 708. The minimum atomic E-state index is -3.73. The average molecular weight is 311 g/mol. The minimum absolute atomic E-state index is 0.0329. The summed E-state index contributed by atoms with van der Waals surface area (Å²) in [6.45, 7) is 1.83. The number of sulfonamides is 1. The van der Waals surface area contributed by atoms with Gasteiger partial charge in [-0.05, 0) is 30.5 Å². The molecule has 0 fully saturated rings. The highest BCUT2D eigenvalue weighted by atomic mass is 32.2. The van der Waals surface area contributed by atoms with E-state index in [4.69, 9.17) is 0 Å². The third-order valence-corrected chi connectivity index (χ3v) is 5.99. The molecule has 0 radical (unpaired) electrons. The van der Waals surface area contributed by atoms with Gasteiger partial charge >= 0.3 is 5.97 Å². The quantitative estimate of drug-likeness (QED) is 0.921. The third kappa shape index (κ3) is 2.54. The molecule has 0 aliphatic carbocycles. The summed E-state index contributed by atoms with van der Waals surface area (Å²) in [4.78, 5) is 11.2. The van der Waals surface area contributed by atoms with Crippen molar-refractivity contribution in [2.75, 3.05) is 10.8 Å². The van der Waals surface area contributed by atoms with Gasteiger partial charge in [0.15, 0.2) is 0 Å². The summed E-state index contributed by atoms with van der Waals surface area (Å²) in [6, 6.07) is 9.23. The van der Waals surface area contributed by atoms with Crippen LogP contribution in [-0.2, 0) is 10.0 Å². The number of carboxylic acid groups (broad SMARTS) is 1. The molecular weight excluding hydrogens is 298 g/mol. The van der Waals surface area contributed by atoms with Gasteiger partial charge in [-0.25, -0.2) is 13.2 Å². The van der Waals surface area contributed by atoms with Crippen molar-refractivity contribution >= 4 is 33.0 Å². The van der Waals surface area contributed by atoms with Crippen molar-refractivity contribution in [3.63, 3.8) is 0 Å². The molecule has 0 unspecified atom stereocenters. The van der Waals surface area contributed by atoms with Crippen molar-refractivity contribution in [1.82, 2.24) is 0 Å². The number of anilines is 1. The summed E-state index contributed by atoms with van der Waals surface area (Å²) in [5.74, 6) is -1.15. The van der Waals surface area contributed by atoms with E-state index in [1.165, 1.54) is 18.2 Å². The highest BCUT2D eigenvalue weighted by Gasteiger charge is 2.27. The molecule has 2 aromatic rings. The van der Waals surface area contributed by atoms with Crippen LogP contribution in [0.25, 0.3) is 0 Å². The SMILES string of the molecule is CCN(c1ccccc1C(=O)O)S(=O)(=O)c1cccs1. The topological polar surface area (TPSA) is 74.7 Å². The van der Waals surface area contributed by atoms with E-state index in [0.717, 1.165) is 15.6 Å². The maximum Gasteiger partial charge on any atom is 0.337 e. The molecule has 1 heterocycles. The van der Waals surface area contributed by atoms with Gasteiger partial charge in [0, 0.05) is 6.54 Å². The van der Waals surface area contributed by atoms with Crippen molar-refractivity contribution in [3.8, 4) is 0 Å². The molecule has 0 saturated heterocycles. The number of carboxylic acids is 1. The Morgan fingerprint density at radius 3 is 2.50 bits per heavy atom. The zero-order chi connectivity index (χ0) is 14.8. The van der Waals surface area contributed by atoms with Crippen molar-refractivity contribution in [2.24, 2.45) is 0 Å². The Kier molecular flexibility index (Phi) is 4.10. The van der Waals surface area contributed by atoms with E-state index in [1.54, 1.807) is 30.5 Å². The molecule has 2 rings (SSSR count). The van der Waals surface area contributed by atoms with E-state index in [2.05, 4.69) is 0 Å². The van der Waals surface area contributed by atoms with E-state index in [-0.39, 0.29) is 22.0 Å². The molecular formula is C13H13NO4S2. The van der Waals surface area contributed by atoms with Gasteiger partial charge in [0.1, 0.15) is 4.21 Å². The van der Waals surface area contributed by atoms with Crippen LogP contribution < -0.4 is 4.31 Å². The molecule has 0 amide bonds. The molecule has 20 heavy (non-hydrogen) atoms. The highest BCUT2D eigenvalue weighted by Crippen LogP contribution is 2.28. The molecule has 1 aromatic heterocycles. The van der Waals surface area contributed by atoms with Gasteiger partial charge in [-0.1, -0.05) is 18.2 Å².